The van der Waals surface area contributed by atoms with Crippen LogP contribution in [0.3, 0.4) is 0 Å². The van der Waals surface area contributed by atoms with Gasteiger partial charge in [-0.2, -0.15) is 0 Å². The number of nitrogens with zero attached hydrogens (tertiary/aromatic N) is 1. The van der Waals surface area contributed by atoms with Crippen molar-refractivity contribution in [3.63, 3.8) is 0 Å². The number of carbonyl (C=O) groups excluding carboxylic acids is 2. The maximum Gasteiger partial charge on any atom is 0.341 e. The summed E-state index contributed by atoms with van der Waals surface area (Å²) in [6.45, 7) is 14.0. The summed E-state index contributed by atoms with van der Waals surface area (Å²) < 4.78 is 98.1. The molecule has 0 aliphatic carbocycles. The lowest BCUT2D eigenvalue weighted by Gasteiger charge is -2.43. The molecular formula is C54H61F2NO10S2Si2. The topological polar surface area (TPSA) is 143 Å². The van der Waals surface area contributed by atoms with Crippen LogP contribution in [0, 0.1) is 0 Å². The minimum Gasteiger partial charge on any atom is -0.460 e. The van der Waals surface area contributed by atoms with E-state index in [-0.39, 0.29) is 35.2 Å². The Kier molecular flexibility index (Phi) is 17.9. The molecular weight excluding hydrogens is 981 g/mol. The molecule has 11 nitrogen and oxygen atoms in total. The molecule has 17 heteroatoms. The van der Waals surface area contributed by atoms with Crippen molar-refractivity contribution in [2.75, 3.05) is 13.2 Å². The van der Waals surface area contributed by atoms with E-state index in [0.29, 0.717) is 13.0 Å². The summed E-state index contributed by atoms with van der Waals surface area (Å²) in [6.07, 6.45) is -0.890. The second-order valence-corrected chi connectivity index (χ2v) is 31.5. The van der Waals surface area contributed by atoms with Crippen LogP contribution in [-0.4, -0.2) is 80.9 Å². The number of halogens is 2. The largest absolute Gasteiger partial charge is 0.460 e. The van der Waals surface area contributed by atoms with Gasteiger partial charge in [0.15, 0.2) is 0 Å². The maximum absolute atomic E-state index is 14.0. The molecule has 3 atom stereocenters. The highest BCUT2D eigenvalue weighted by molar-refractivity contribution is 8.03. The van der Waals surface area contributed by atoms with E-state index in [1.54, 1.807) is 0 Å². The van der Waals surface area contributed by atoms with Gasteiger partial charge in [-0.3, -0.25) is 4.79 Å². The van der Waals surface area contributed by atoms with Crippen LogP contribution in [-0.2, 0) is 48.0 Å². The van der Waals surface area contributed by atoms with Crippen molar-refractivity contribution in [3.8, 4) is 0 Å². The average Bonchev–Trinajstić information content (AvgIpc) is 3.94. The average molecular weight is 1040 g/mol. The molecule has 0 radical (unpaired) electrons. The van der Waals surface area contributed by atoms with Gasteiger partial charge in [0.1, 0.15) is 12.2 Å². The first kappa shape index (κ1) is 54.7. The van der Waals surface area contributed by atoms with Crippen LogP contribution in [0.4, 0.5) is 8.87 Å². The standard InChI is InChI=1S/C21H25FO3Si.C21H26O3Si.C12H10FNO4S2/c1-21(2,3)26(17-10-6-4-7-11-17,18-12-8-5-9-13-18)24-15-16-14-19(22)20(23)25-16;1-21(2,3)25(18-10-6-4-7-11-18,19-12-8-5-9-13-19)23-16-17-14-15-20(22)24-17;13-14(19(15,16)11-7-3-1-4-8-11)20(17,18)12-9-5-2-6-10-12/h4-13,16,19H,14-15H2,1-3H3;4-13,17H,14-16H2,1-3H3;1-10H/t16-,19?;17-;/m00./s1. The Morgan fingerprint density at radius 3 is 1.10 bits per heavy atom. The van der Waals surface area contributed by atoms with Gasteiger partial charge in [-0.15, -0.1) is 4.48 Å². The predicted octanol–water partition coefficient (Wildman–Crippen LogP) is 8.44. The van der Waals surface area contributed by atoms with Crippen molar-refractivity contribution in [1.29, 1.82) is 0 Å². The quantitative estimate of drug-likeness (QED) is 0.0593. The van der Waals surface area contributed by atoms with Crippen molar-refractivity contribution in [3.05, 3.63) is 182 Å². The third-order valence-electron chi connectivity index (χ3n) is 12.2. The summed E-state index contributed by atoms with van der Waals surface area (Å²) in [4.78, 5) is 22.0. The van der Waals surface area contributed by atoms with E-state index >= 15 is 0 Å². The number of esters is 2. The van der Waals surface area contributed by atoms with Crippen LogP contribution in [0.2, 0.25) is 10.1 Å². The van der Waals surface area contributed by atoms with Crippen molar-refractivity contribution in [2.24, 2.45) is 0 Å². The normalized spacial score (nSPS) is 17.6. The molecule has 0 spiro atoms. The minimum absolute atomic E-state index is 0.0572. The first-order chi connectivity index (χ1) is 33.6. The monoisotopic (exact) mass is 1040 g/mol. The van der Waals surface area contributed by atoms with E-state index in [1.165, 1.54) is 46.8 Å². The lowest BCUT2D eigenvalue weighted by molar-refractivity contribution is -0.146. The molecule has 2 aliphatic rings. The van der Waals surface area contributed by atoms with Crippen LogP contribution >= 0.6 is 0 Å². The molecule has 2 saturated heterocycles. The van der Waals surface area contributed by atoms with Crippen LogP contribution in [0.25, 0.3) is 0 Å². The van der Waals surface area contributed by atoms with Crippen LogP contribution < -0.4 is 20.7 Å². The van der Waals surface area contributed by atoms with E-state index < -0.39 is 68.6 Å². The smallest absolute Gasteiger partial charge is 0.341 e. The van der Waals surface area contributed by atoms with Gasteiger partial charge in [0.2, 0.25) is 6.17 Å². The van der Waals surface area contributed by atoms with Gasteiger partial charge in [-0.25, -0.2) is 26.0 Å². The van der Waals surface area contributed by atoms with Crippen LogP contribution in [0.5, 0.6) is 0 Å². The highest BCUT2D eigenvalue weighted by atomic mass is 32.3. The Hall–Kier alpha value is -5.67. The number of carbonyl (C=O) groups is 2. The maximum atomic E-state index is 14.0. The zero-order valence-corrected chi connectivity index (χ0v) is 44.3. The second-order valence-electron chi connectivity index (χ2n) is 19.1. The molecule has 0 N–H and O–H groups in total. The molecule has 71 heavy (non-hydrogen) atoms. The fourth-order valence-corrected chi connectivity index (χ4v) is 20.9. The Bertz CT molecular complexity index is 2730. The minimum atomic E-state index is -4.77. The number of alkyl halides is 1. The molecule has 2 aliphatic heterocycles. The molecule has 0 bridgehead atoms. The molecule has 6 aromatic carbocycles. The Labute approximate surface area is 419 Å². The van der Waals surface area contributed by atoms with Gasteiger partial charge in [0, 0.05) is 12.8 Å². The highest BCUT2D eigenvalue weighted by Crippen LogP contribution is 2.39. The molecule has 2 heterocycles. The lowest BCUT2D eigenvalue weighted by atomic mass is 10.2. The van der Waals surface area contributed by atoms with Gasteiger partial charge in [-0.1, -0.05) is 199 Å². The van der Waals surface area contributed by atoms with Crippen molar-refractivity contribution < 1.29 is 53.6 Å². The zero-order chi connectivity index (χ0) is 51.5. The zero-order valence-electron chi connectivity index (χ0n) is 40.7. The molecule has 6 aromatic rings. The van der Waals surface area contributed by atoms with E-state index in [9.17, 15) is 35.3 Å². The number of benzene rings is 6. The van der Waals surface area contributed by atoms with E-state index in [0.717, 1.165) is 41.1 Å². The highest BCUT2D eigenvalue weighted by Gasteiger charge is 2.52. The van der Waals surface area contributed by atoms with Crippen molar-refractivity contribution >= 4 is 69.4 Å². The second kappa shape index (κ2) is 23.3. The van der Waals surface area contributed by atoms with Gasteiger partial charge in [-0.05, 0) is 61.5 Å². The molecule has 0 amide bonds. The number of hydrogen-bond acceptors (Lipinski definition) is 10. The SMILES string of the molecule is CC(C)(C)[Si](OC[C@@H]1CC(F)C(=O)O1)(c1ccccc1)c1ccccc1.CC(C)(C)[Si](OC[C@@H]1CCC(=O)O1)(c1ccccc1)c1ccccc1.O=S(=O)(c1ccccc1)N(F)S(=O)(=O)c1ccccc1. The predicted molar refractivity (Wildman–Crippen MR) is 276 cm³/mol. The van der Waals surface area contributed by atoms with Crippen LogP contribution in [0.1, 0.15) is 60.8 Å². The molecule has 0 saturated carbocycles. The van der Waals surface area contributed by atoms with Gasteiger partial charge in [0.25, 0.3) is 36.7 Å². The molecule has 1 unspecified atom stereocenters. The Morgan fingerprint density at radius 2 is 0.831 bits per heavy atom. The fourth-order valence-electron chi connectivity index (χ4n) is 8.85. The molecule has 0 aromatic heterocycles. The summed E-state index contributed by atoms with van der Waals surface area (Å²) in [6, 6.07) is 54.5. The lowest BCUT2D eigenvalue weighted by Crippen LogP contribution is -2.67. The number of ether oxygens (including phenoxy) is 2. The molecule has 8 rings (SSSR count). The van der Waals surface area contributed by atoms with E-state index in [1.807, 2.05) is 48.5 Å². The summed E-state index contributed by atoms with van der Waals surface area (Å²) in [5, 5.41) is 4.59. The van der Waals surface area contributed by atoms with Crippen molar-refractivity contribution in [2.45, 2.75) is 99.1 Å². The number of cyclic esters (lactones) is 2. The first-order valence-electron chi connectivity index (χ1n) is 23.2. The summed E-state index contributed by atoms with van der Waals surface area (Å²) in [5.74, 6) is -0.892. The summed E-state index contributed by atoms with van der Waals surface area (Å²) in [7, 11) is -14.7. The van der Waals surface area contributed by atoms with Gasteiger partial charge in [0.05, 0.1) is 26.9 Å². The Balaban J connectivity index is 0.000000176. The number of hydrogen-bond donors (Lipinski definition) is 0. The van der Waals surface area contributed by atoms with Gasteiger partial charge < -0.3 is 18.3 Å². The Morgan fingerprint density at radius 1 is 0.521 bits per heavy atom. The molecule has 376 valence electrons. The third kappa shape index (κ3) is 12.5. The number of sulfonamides is 2. The van der Waals surface area contributed by atoms with E-state index in [4.69, 9.17) is 18.3 Å². The summed E-state index contributed by atoms with van der Waals surface area (Å²) in [5.41, 5.74) is 0. The van der Waals surface area contributed by atoms with E-state index in [2.05, 4.69) is 114 Å². The van der Waals surface area contributed by atoms with Crippen LogP contribution in [0.15, 0.2) is 192 Å². The first-order valence-corrected chi connectivity index (χ1v) is 29.9. The third-order valence-corrected chi connectivity index (χ3v) is 25.9. The fraction of sp³-hybridized carbons (Fsp3) is 0.296. The summed E-state index contributed by atoms with van der Waals surface area (Å²) >= 11 is 0. The number of rotatable bonds is 14. The van der Waals surface area contributed by atoms with Gasteiger partial charge >= 0.3 is 11.9 Å². The van der Waals surface area contributed by atoms with Crippen molar-refractivity contribution in [1.82, 2.24) is 3.93 Å². The molecule has 2 fully saturated rings.